The molecule has 0 heterocycles. The highest BCUT2D eigenvalue weighted by atomic mass is 16.3. The number of imide groups is 1. The summed E-state index contributed by atoms with van der Waals surface area (Å²) in [6.45, 7) is -0.323. The van der Waals surface area contributed by atoms with Crippen LogP contribution in [0.3, 0.4) is 0 Å². The SMILES string of the molecule is CNC(CO)C(=O)NC=O. The van der Waals surface area contributed by atoms with Gasteiger partial charge in [0.2, 0.25) is 12.3 Å². The monoisotopic (exact) mass is 146 g/mol. The lowest BCUT2D eigenvalue weighted by Crippen LogP contribution is -2.44. The van der Waals surface area contributed by atoms with Crippen LogP contribution in [0, 0.1) is 0 Å². The largest absolute Gasteiger partial charge is 0.394 e. The number of carbonyl (C=O) groups is 2. The molecule has 58 valence electrons. The summed E-state index contributed by atoms with van der Waals surface area (Å²) in [5.74, 6) is -0.528. The summed E-state index contributed by atoms with van der Waals surface area (Å²) >= 11 is 0. The zero-order chi connectivity index (χ0) is 7.98. The van der Waals surface area contributed by atoms with Crippen molar-refractivity contribution in [2.75, 3.05) is 13.7 Å². The molecule has 10 heavy (non-hydrogen) atoms. The van der Waals surface area contributed by atoms with E-state index >= 15 is 0 Å². The second-order valence-electron chi connectivity index (χ2n) is 1.65. The van der Waals surface area contributed by atoms with E-state index in [-0.39, 0.29) is 13.0 Å². The maximum atomic E-state index is 10.6. The van der Waals surface area contributed by atoms with Gasteiger partial charge in [-0.2, -0.15) is 0 Å². The highest BCUT2D eigenvalue weighted by Crippen LogP contribution is 1.77. The number of amides is 2. The van der Waals surface area contributed by atoms with Crippen molar-refractivity contribution in [3.05, 3.63) is 0 Å². The van der Waals surface area contributed by atoms with Crippen molar-refractivity contribution >= 4 is 12.3 Å². The molecular weight excluding hydrogens is 136 g/mol. The average molecular weight is 146 g/mol. The third-order valence-electron chi connectivity index (χ3n) is 1.05. The molecule has 5 heteroatoms. The third kappa shape index (κ3) is 2.56. The molecule has 5 nitrogen and oxygen atoms in total. The lowest BCUT2D eigenvalue weighted by molar-refractivity contribution is -0.127. The average Bonchev–Trinajstić information content (AvgIpc) is 1.91. The Bertz CT molecular complexity index is 122. The molecule has 2 amide bonds. The number of nitrogens with one attached hydrogen (secondary N) is 2. The Labute approximate surface area is 58.4 Å². The number of carbonyl (C=O) groups excluding carboxylic acids is 2. The van der Waals surface area contributed by atoms with Crippen molar-refractivity contribution in [3.63, 3.8) is 0 Å². The number of hydrogen-bond donors (Lipinski definition) is 3. The summed E-state index contributed by atoms with van der Waals surface area (Å²) in [7, 11) is 1.52. The predicted molar refractivity (Wildman–Crippen MR) is 34.1 cm³/mol. The van der Waals surface area contributed by atoms with Crippen LogP contribution in [-0.4, -0.2) is 37.1 Å². The molecule has 0 aromatic rings. The molecule has 1 atom stereocenters. The maximum absolute atomic E-state index is 10.6. The molecule has 0 aromatic carbocycles. The normalized spacial score (nSPS) is 12.2. The van der Waals surface area contributed by atoms with Gasteiger partial charge in [-0.05, 0) is 7.05 Å². The fourth-order valence-electron chi connectivity index (χ4n) is 0.464. The topological polar surface area (TPSA) is 78.4 Å². The molecule has 0 aromatic heterocycles. The Morgan fingerprint density at radius 3 is 2.70 bits per heavy atom. The van der Waals surface area contributed by atoms with Crippen LogP contribution in [0.15, 0.2) is 0 Å². The van der Waals surface area contributed by atoms with E-state index in [0.717, 1.165) is 0 Å². The van der Waals surface area contributed by atoms with Crippen LogP contribution < -0.4 is 10.6 Å². The quantitative estimate of drug-likeness (QED) is 0.395. The van der Waals surface area contributed by atoms with E-state index in [1.54, 1.807) is 0 Å². The van der Waals surface area contributed by atoms with Crippen LogP contribution >= 0.6 is 0 Å². The first-order valence-electron chi connectivity index (χ1n) is 2.78. The maximum Gasteiger partial charge on any atom is 0.245 e. The lowest BCUT2D eigenvalue weighted by atomic mass is 10.3. The highest BCUT2D eigenvalue weighted by Gasteiger charge is 2.12. The molecule has 0 saturated carbocycles. The molecule has 0 fully saturated rings. The van der Waals surface area contributed by atoms with Crippen molar-refractivity contribution < 1.29 is 14.7 Å². The van der Waals surface area contributed by atoms with Gasteiger partial charge in [0.1, 0.15) is 6.04 Å². The van der Waals surface area contributed by atoms with Gasteiger partial charge < -0.3 is 10.4 Å². The number of likely N-dealkylation sites (N-methyl/N-ethyl adjacent to an activating group) is 1. The first kappa shape index (κ1) is 9.06. The van der Waals surface area contributed by atoms with Gasteiger partial charge in [-0.3, -0.25) is 14.9 Å². The fraction of sp³-hybridized carbons (Fsp3) is 0.600. The minimum atomic E-state index is -0.704. The van der Waals surface area contributed by atoms with Crippen LogP contribution in [0.2, 0.25) is 0 Å². The summed E-state index contributed by atoms with van der Waals surface area (Å²) < 4.78 is 0. The van der Waals surface area contributed by atoms with Gasteiger partial charge in [-0.1, -0.05) is 0 Å². The molecule has 0 saturated heterocycles. The first-order valence-corrected chi connectivity index (χ1v) is 2.78. The second-order valence-corrected chi connectivity index (χ2v) is 1.65. The van der Waals surface area contributed by atoms with Crippen LogP contribution in [0.1, 0.15) is 0 Å². The van der Waals surface area contributed by atoms with Crippen LogP contribution in [0.25, 0.3) is 0 Å². The van der Waals surface area contributed by atoms with E-state index in [9.17, 15) is 9.59 Å². The van der Waals surface area contributed by atoms with Crippen LogP contribution in [0.5, 0.6) is 0 Å². The van der Waals surface area contributed by atoms with Crippen molar-refractivity contribution in [2.24, 2.45) is 0 Å². The van der Waals surface area contributed by atoms with Crippen molar-refractivity contribution in [2.45, 2.75) is 6.04 Å². The summed E-state index contributed by atoms with van der Waals surface area (Å²) in [6.07, 6.45) is 0.280. The molecular formula is C5H10N2O3. The Morgan fingerprint density at radius 2 is 2.40 bits per heavy atom. The predicted octanol–water partition coefficient (Wildman–Crippen LogP) is -2.16. The van der Waals surface area contributed by atoms with Crippen molar-refractivity contribution in [3.8, 4) is 0 Å². The van der Waals surface area contributed by atoms with E-state index in [1.165, 1.54) is 7.05 Å². The molecule has 0 aliphatic carbocycles. The van der Waals surface area contributed by atoms with E-state index in [2.05, 4.69) is 5.32 Å². The van der Waals surface area contributed by atoms with E-state index < -0.39 is 11.9 Å². The van der Waals surface area contributed by atoms with E-state index in [0.29, 0.717) is 0 Å². The number of aliphatic hydroxyl groups is 1. The number of hydrogen-bond acceptors (Lipinski definition) is 4. The Morgan fingerprint density at radius 1 is 1.80 bits per heavy atom. The minimum absolute atomic E-state index is 0.280. The van der Waals surface area contributed by atoms with Gasteiger partial charge in [-0.25, -0.2) is 0 Å². The van der Waals surface area contributed by atoms with Gasteiger partial charge in [0.15, 0.2) is 0 Å². The molecule has 0 radical (unpaired) electrons. The van der Waals surface area contributed by atoms with Crippen LogP contribution in [-0.2, 0) is 9.59 Å². The zero-order valence-electron chi connectivity index (χ0n) is 5.63. The molecule has 1 unspecified atom stereocenters. The smallest absolute Gasteiger partial charge is 0.245 e. The van der Waals surface area contributed by atoms with Gasteiger partial charge in [0.05, 0.1) is 6.61 Å². The number of rotatable bonds is 4. The van der Waals surface area contributed by atoms with Crippen molar-refractivity contribution in [1.82, 2.24) is 10.6 Å². The molecule has 0 rings (SSSR count). The van der Waals surface area contributed by atoms with E-state index in [1.807, 2.05) is 5.32 Å². The molecule has 0 spiro atoms. The molecule has 0 aliphatic heterocycles. The highest BCUT2D eigenvalue weighted by molar-refractivity contribution is 5.89. The summed E-state index contributed by atoms with van der Waals surface area (Å²) in [6, 6.07) is -0.704. The van der Waals surface area contributed by atoms with Gasteiger partial charge in [0, 0.05) is 0 Å². The molecule has 0 aliphatic rings. The third-order valence-corrected chi connectivity index (χ3v) is 1.05. The molecule has 0 bridgehead atoms. The Hall–Kier alpha value is -0.940. The Balaban J connectivity index is 3.76. The van der Waals surface area contributed by atoms with Gasteiger partial charge >= 0.3 is 0 Å². The molecule has 3 N–H and O–H groups in total. The zero-order valence-corrected chi connectivity index (χ0v) is 5.63. The second kappa shape index (κ2) is 4.89. The van der Waals surface area contributed by atoms with Gasteiger partial charge in [-0.15, -0.1) is 0 Å². The summed E-state index contributed by atoms with van der Waals surface area (Å²) in [5.41, 5.74) is 0. The number of aliphatic hydroxyl groups excluding tert-OH is 1. The fourth-order valence-corrected chi connectivity index (χ4v) is 0.464. The van der Waals surface area contributed by atoms with Crippen molar-refractivity contribution in [1.29, 1.82) is 0 Å². The summed E-state index contributed by atoms with van der Waals surface area (Å²) in [4.78, 5) is 20.4. The van der Waals surface area contributed by atoms with Crippen LogP contribution in [0.4, 0.5) is 0 Å². The first-order chi connectivity index (χ1) is 4.76. The summed E-state index contributed by atoms with van der Waals surface area (Å²) in [5, 5.41) is 12.9. The minimum Gasteiger partial charge on any atom is -0.394 e. The lowest BCUT2D eigenvalue weighted by Gasteiger charge is -2.08. The van der Waals surface area contributed by atoms with Gasteiger partial charge in [0.25, 0.3) is 0 Å². The Kier molecular flexibility index (Phi) is 4.43. The standard InChI is InChI=1S/C5H10N2O3/c1-6-4(2-8)5(10)7-3-9/h3-4,6,8H,2H2,1H3,(H,7,9,10). The van der Waals surface area contributed by atoms with E-state index in [4.69, 9.17) is 5.11 Å².